The number of amides is 1. The third-order valence-electron chi connectivity index (χ3n) is 3.23. The Morgan fingerprint density at radius 3 is 3.10 bits per heavy atom. The zero-order valence-corrected chi connectivity index (χ0v) is 12.6. The summed E-state index contributed by atoms with van der Waals surface area (Å²) in [6.45, 7) is 4.10. The lowest BCUT2D eigenvalue weighted by atomic mass is 10.2. The van der Waals surface area contributed by atoms with Crippen LogP contribution < -0.4 is 0 Å². The number of thiophene rings is 1. The van der Waals surface area contributed by atoms with Gasteiger partial charge in [0, 0.05) is 24.1 Å². The summed E-state index contributed by atoms with van der Waals surface area (Å²) in [5.41, 5.74) is 0. The fraction of sp³-hybridized carbons (Fsp3) is 0.438. The molecule has 1 amide bonds. The van der Waals surface area contributed by atoms with E-state index < -0.39 is 0 Å². The smallest absolute Gasteiger partial charge is 0.246 e. The van der Waals surface area contributed by atoms with Crippen molar-refractivity contribution in [2.45, 2.75) is 32.4 Å². The molecule has 1 fully saturated rings. The quantitative estimate of drug-likeness (QED) is 0.594. The molecule has 4 heteroatoms. The maximum absolute atomic E-state index is 12.3. The van der Waals surface area contributed by atoms with Crippen LogP contribution >= 0.6 is 11.3 Å². The number of hydrogen-bond donors (Lipinski definition) is 0. The molecule has 0 bridgehead atoms. The minimum absolute atomic E-state index is 0.0481. The van der Waals surface area contributed by atoms with Crippen molar-refractivity contribution in [2.75, 3.05) is 13.2 Å². The molecule has 20 heavy (non-hydrogen) atoms. The zero-order valence-electron chi connectivity index (χ0n) is 11.8. The van der Waals surface area contributed by atoms with Crippen molar-refractivity contribution in [1.82, 2.24) is 4.90 Å². The highest BCUT2D eigenvalue weighted by Gasteiger charge is 2.21. The third-order valence-corrected chi connectivity index (χ3v) is 4.09. The van der Waals surface area contributed by atoms with Crippen LogP contribution in [0, 0.1) is 0 Å². The number of carbonyl (C=O) groups excluding carboxylic acids is 1. The van der Waals surface area contributed by atoms with Gasteiger partial charge in [0.05, 0.1) is 12.6 Å². The van der Waals surface area contributed by atoms with Crippen LogP contribution in [0.5, 0.6) is 0 Å². The van der Waals surface area contributed by atoms with Gasteiger partial charge in [-0.25, -0.2) is 0 Å². The maximum atomic E-state index is 12.3. The summed E-state index contributed by atoms with van der Waals surface area (Å²) < 4.78 is 5.65. The predicted octanol–water partition coefficient (Wildman–Crippen LogP) is 3.39. The fourth-order valence-electron chi connectivity index (χ4n) is 2.21. The SMILES string of the molecule is C/C=C/C=C\C(=O)N(Cc1cccs1)CC1CCCO1. The number of ether oxygens (including phenoxy) is 1. The van der Waals surface area contributed by atoms with E-state index in [1.807, 2.05) is 35.4 Å². The monoisotopic (exact) mass is 291 g/mol. The molecule has 108 valence electrons. The molecule has 1 unspecified atom stereocenters. The van der Waals surface area contributed by atoms with Gasteiger partial charge in [-0.3, -0.25) is 4.79 Å². The average Bonchev–Trinajstić information content (AvgIpc) is 3.11. The Bertz CT molecular complexity index is 459. The summed E-state index contributed by atoms with van der Waals surface area (Å²) in [6, 6.07) is 4.08. The molecule has 0 aliphatic carbocycles. The van der Waals surface area contributed by atoms with Gasteiger partial charge >= 0.3 is 0 Å². The molecule has 1 atom stereocenters. The lowest BCUT2D eigenvalue weighted by molar-refractivity contribution is -0.128. The first-order chi connectivity index (χ1) is 9.79. The highest BCUT2D eigenvalue weighted by molar-refractivity contribution is 7.09. The fourth-order valence-corrected chi connectivity index (χ4v) is 2.93. The second-order valence-electron chi connectivity index (χ2n) is 4.82. The third kappa shape index (κ3) is 4.62. The van der Waals surface area contributed by atoms with Crippen molar-refractivity contribution < 1.29 is 9.53 Å². The molecule has 3 nitrogen and oxygen atoms in total. The van der Waals surface area contributed by atoms with Crippen molar-refractivity contribution in [3.05, 3.63) is 46.7 Å². The molecule has 1 aliphatic rings. The molecule has 2 rings (SSSR count). The van der Waals surface area contributed by atoms with Crippen LogP contribution in [0.15, 0.2) is 41.8 Å². The van der Waals surface area contributed by atoms with Crippen molar-refractivity contribution in [1.29, 1.82) is 0 Å². The van der Waals surface area contributed by atoms with Gasteiger partial charge in [-0.15, -0.1) is 11.3 Å². The summed E-state index contributed by atoms with van der Waals surface area (Å²) in [5.74, 6) is 0.0481. The average molecular weight is 291 g/mol. The van der Waals surface area contributed by atoms with E-state index in [1.165, 1.54) is 4.88 Å². The minimum Gasteiger partial charge on any atom is -0.376 e. The molecule has 0 saturated carbocycles. The molecule has 1 aliphatic heterocycles. The number of rotatable bonds is 6. The molecule has 1 aromatic heterocycles. The summed E-state index contributed by atoms with van der Waals surface area (Å²) in [6.07, 6.45) is 9.53. The molecule has 0 radical (unpaired) electrons. The van der Waals surface area contributed by atoms with Gasteiger partial charge < -0.3 is 9.64 Å². The van der Waals surface area contributed by atoms with Crippen LogP contribution in [0.25, 0.3) is 0 Å². The predicted molar refractivity (Wildman–Crippen MR) is 82.7 cm³/mol. The first kappa shape index (κ1) is 15.0. The van der Waals surface area contributed by atoms with Crippen LogP contribution in [0.2, 0.25) is 0 Å². The Hall–Kier alpha value is -1.39. The Morgan fingerprint density at radius 2 is 2.45 bits per heavy atom. The molecular weight excluding hydrogens is 270 g/mol. The van der Waals surface area contributed by atoms with E-state index in [2.05, 4.69) is 6.07 Å². The van der Waals surface area contributed by atoms with Crippen molar-refractivity contribution >= 4 is 17.2 Å². The van der Waals surface area contributed by atoms with Gasteiger partial charge in [0.25, 0.3) is 0 Å². The van der Waals surface area contributed by atoms with Crippen molar-refractivity contribution in [3.8, 4) is 0 Å². The van der Waals surface area contributed by atoms with Gasteiger partial charge in [0.15, 0.2) is 0 Å². The normalized spacial score (nSPS) is 19.1. The molecule has 0 spiro atoms. The van der Waals surface area contributed by atoms with Crippen molar-refractivity contribution in [3.63, 3.8) is 0 Å². The van der Waals surface area contributed by atoms with Gasteiger partial charge in [-0.05, 0) is 31.2 Å². The molecule has 1 saturated heterocycles. The standard InChI is InChI=1S/C16H21NO2S/c1-2-3-4-9-16(18)17(12-14-7-5-10-19-14)13-15-8-6-11-20-15/h2-4,6,8-9,11,14H,5,7,10,12-13H2,1H3/b3-2+,9-4-. The first-order valence-electron chi connectivity index (χ1n) is 7.02. The Morgan fingerprint density at radius 1 is 1.55 bits per heavy atom. The van der Waals surface area contributed by atoms with Gasteiger partial charge in [0.1, 0.15) is 0 Å². The van der Waals surface area contributed by atoms with Crippen LogP contribution in [0.3, 0.4) is 0 Å². The summed E-state index contributed by atoms with van der Waals surface area (Å²) in [7, 11) is 0. The summed E-state index contributed by atoms with van der Waals surface area (Å²) in [4.78, 5) is 15.4. The Balaban J connectivity index is 1.99. The highest BCUT2D eigenvalue weighted by Crippen LogP contribution is 2.17. The lowest BCUT2D eigenvalue weighted by Crippen LogP contribution is -2.35. The molecule has 1 aromatic rings. The van der Waals surface area contributed by atoms with Crippen LogP contribution in [0.4, 0.5) is 0 Å². The number of allylic oxidation sites excluding steroid dienone is 3. The zero-order chi connectivity index (χ0) is 14.2. The van der Waals surface area contributed by atoms with Crippen molar-refractivity contribution in [2.24, 2.45) is 0 Å². The Kier molecular flexibility index (Phi) is 6.02. The topological polar surface area (TPSA) is 29.5 Å². The van der Waals surface area contributed by atoms with E-state index in [9.17, 15) is 4.79 Å². The van der Waals surface area contributed by atoms with Gasteiger partial charge in [0.2, 0.25) is 5.91 Å². The molecular formula is C16H21NO2S. The largest absolute Gasteiger partial charge is 0.376 e. The Labute approximate surface area is 124 Å². The van der Waals surface area contributed by atoms with Gasteiger partial charge in [-0.2, -0.15) is 0 Å². The number of hydrogen-bond acceptors (Lipinski definition) is 3. The summed E-state index contributed by atoms with van der Waals surface area (Å²) >= 11 is 1.68. The van der Waals surface area contributed by atoms with E-state index in [0.29, 0.717) is 13.1 Å². The molecule has 0 aromatic carbocycles. The first-order valence-corrected chi connectivity index (χ1v) is 7.90. The molecule has 0 N–H and O–H groups in total. The second kappa shape index (κ2) is 8.02. The van der Waals surface area contributed by atoms with E-state index in [0.717, 1.165) is 19.4 Å². The van der Waals surface area contributed by atoms with Crippen LogP contribution in [-0.2, 0) is 16.1 Å². The second-order valence-corrected chi connectivity index (χ2v) is 5.85. The highest BCUT2D eigenvalue weighted by atomic mass is 32.1. The van der Waals surface area contributed by atoms with Crippen LogP contribution in [0.1, 0.15) is 24.6 Å². The van der Waals surface area contributed by atoms with E-state index in [4.69, 9.17) is 4.74 Å². The van der Waals surface area contributed by atoms with E-state index >= 15 is 0 Å². The summed E-state index contributed by atoms with van der Waals surface area (Å²) in [5, 5.41) is 2.04. The number of nitrogens with zero attached hydrogens (tertiary/aromatic N) is 1. The maximum Gasteiger partial charge on any atom is 0.246 e. The van der Waals surface area contributed by atoms with E-state index in [1.54, 1.807) is 23.5 Å². The van der Waals surface area contributed by atoms with E-state index in [-0.39, 0.29) is 12.0 Å². The number of carbonyl (C=O) groups is 1. The molecule has 2 heterocycles. The van der Waals surface area contributed by atoms with Crippen LogP contribution in [-0.4, -0.2) is 30.1 Å². The lowest BCUT2D eigenvalue weighted by Gasteiger charge is -2.23. The van der Waals surface area contributed by atoms with Gasteiger partial charge in [-0.1, -0.05) is 24.3 Å². The minimum atomic E-state index is 0.0481.